The van der Waals surface area contributed by atoms with Crippen molar-refractivity contribution in [3.8, 4) is 0 Å². The van der Waals surface area contributed by atoms with Gasteiger partial charge in [-0.1, -0.05) is 35.3 Å². The lowest BCUT2D eigenvalue weighted by Crippen LogP contribution is -2.46. The fourth-order valence-electron chi connectivity index (χ4n) is 3.35. The number of alkyl carbamates (subject to hydrolysis) is 2. The Morgan fingerprint density at radius 3 is 1.69 bits per heavy atom. The van der Waals surface area contributed by atoms with E-state index in [2.05, 4.69) is 16.0 Å². The van der Waals surface area contributed by atoms with E-state index in [4.69, 9.17) is 42.1 Å². The molecule has 0 fully saturated rings. The zero-order chi connectivity index (χ0) is 34.6. The molecule has 0 saturated heterocycles. The Morgan fingerprint density at radius 1 is 0.800 bits per heavy atom. The van der Waals surface area contributed by atoms with Crippen LogP contribution in [0.3, 0.4) is 0 Å². The Labute approximate surface area is 273 Å². The number of sulfone groups is 1. The van der Waals surface area contributed by atoms with Gasteiger partial charge in [-0.15, -0.1) is 0 Å². The molecule has 2 atom stereocenters. The molecular formula is C28H41Cl2N3O11S. The van der Waals surface area contributed by atoms with Gasteiger partial charge >= 0.3 is 24.1 Å². The topological polar surface area (TPSA) is 192 Å². The van der Waals surface area contributed by atoms with Gasteiger partial charge in [0.15, 0.2) is 20.8 Å². The van der Waals surface area contributed by atoms with Gasteiger partial charge in [0.05, 0.1) is 17.7 Å². The van der Waals surface area contributed by atoms with Gasteiger partial charge in [0.25, 0.3) is 5.91 Å². The van der Waals surface area contributed by atoms with E-state index in [1.54, 1.807) is 41.5 Å². The number of benzene rings is 1. The van der Waals surface area contributed by atoms with Gasteiger partial charge in [-0.05, 0) is 59.2 Å². The maximum atomic E-state index is 12.9. The van der Waals surface area contributed by atoms with Crippen molar-refractivity contribution < 1.29 is 51.3 Å². The highest BCUT2D eigenvalue weighted by Crippen LogP contribution is 2.25. The molecule has 3 N–H and O–H groups in total. The molecule has 45 heavy (non-hydrogen) atoms. The molecule has 0 aliphatic carbocycles. The summed E-state index contributed by atoms with van der Waals surface area (Å²) in [7, 11) is -3.57. The minimum Gasteiger partial charge on any atom is -0.463 e. The predicted molar refractivity (Wildman–Crippen MR) is 164 cm³/mol. The van der Waals surface area contributed by atoms with E-state index >= 15 is 0 Å². The summed E-state index contributed by atoms with van der Waals surface area (Å²) in [5.74, 6) is -2.51. The van der Waals surface area contributed by atoms with Crippen LogP contribution in [-0.2, 0) is 43.2 Å². The number of amides is 3. The maximum Gasteiger partial charge on any atom is 0.407 e. The average Bonchev–Trinajstić information content (AvgIpc) is 2.87. The van der Waals surface area contributed by atoms with Gasteiger partial charge in [0.2, 0.25) is 0 Å². The van der Waals surface area contributed by atoms with Crippen LogP contribution < -0.4 is 16.0 Å². The summed E-state index contributed by atoms with van der Waals surface area (Å²) < 4.78 is 45.1. The third-order valence-electron chi connectivity index (χ3n) is 5.21. The van der Waals surface area contributed by atoms with Crippen molar-refractivity contribution in [3.63, 3.8) is 0 Å². The first-order valence-electron chi connectivity index (χ1n) is 13.7. The number of alkyl halides is 2. The molecule has 0 aromatic heterocycles. The minimum absolute atomic E-state index is 0.0241. The van der Waals surface area contributed by atoms with E-state index in [9.17, 15) is 32.4 Å². The summed E-state index contributed by atoms with van der Waals surface area (Å²) in [6.45, 7) is 9.23. The van der Waals surface area contributed by atoms with Crippen LogP contribution in [0.15, 0.2) is 29.2 Å². The second-order valence-corrected chi connectivity index (χ2v) is 14.8. The first-order chi connectivity index (χ1) is 20.6. The van der Waals surface area contributed by atoms with Crippen molar-refractivity contribution in [2.75, 3.05) is 26.0 Å². The number of rotatable bonds is 14. The summed E-state index contributed by atoms with van der Waals surface area (Å²) in [6.07, 6.45) is -2.40. The molecule has 254 valence electrons. The highest BCUT2D eigenvalue weighted by Gasteiger charge is 2.32. The van der Waals surface area contributed by atoms with Crippen LogP contribution in [0.4, 0.5) is 9.59 Å². The summed E-state index contributed by atoms with van der Waals surface area (Å²) in [4.78, 5) is 60.0. The highest BCUT2D eigenvalue weighted by molar-refractivity contribution is 7.90. The molecule has 0 spiro atoms. The number of hydrogen-bond acceptors (Lipinski definition) is 11. The van der Waals surface area contributed by atoms with Crippen LogP contribution in [0.5, 0.6) is 0 Å². The smallest absolute Gasteiger partial charge is 0.407 e. The Hall–Kier alpha value is -3.30. The SMILES string of the molecule is CC(C)(C)OC(=O)NCCC(=O)OC[C@@H](NC(=O)C(Cl)Cl)[C@H](OC(=O)CCNC(=O)OC(C)(C)C)c1ccc(S(C)(=O)=O)cc1. The van der Waals surface area contributed by atoms with Crippen molar-refractivity contribution >= 4 is 63.1 Å². The molecule has 17 heteroatoms. The normalized spacial score (nSPS) is 13.2. The van der Waals surface area contributed by atoms with Crippen molar-refractivity contribution in [1.29, 1.82) is 0 Å². The lowest BCUT2D eigenvalue weighted by molar-refractivity contribution is -0.155. The molecule has 0 aliphatic heterocycles. The first-order valence-corrected chi connectivity index (χ1v) is 16.5. The van der Waals surface area contributed by atoms with E-state index in [0.717, 1.165) is 6.26 Å². The van der Waals surface area contributed by atoms with Crippen molar-refractivity contribution in [2.24, 2.45) is 0 Å². The Kier molecular flexibility index (Phi) is 15.4. The molecule has 0 bridgehead atoms. The fraction of sp³-hybridized carbons (Fsp3) is 0.607. The van der Waals surface area contributed by atoms with Gasteiger partial charge in [0.1, 0.15) is 23.9 Å². The molecule has 0 heterocycles. The van der Waals surface area contributed by atoms with E-state index in [1.165, 1.54) is 24.3 Å². The number of esters is 2. The van der Waals surface area contributed by atoms with Crippen molar-refractivity contribution in [2.45, 2.75) is 87.5 Å². The third-order valence-corrected chi connectivity index (χ3v) is 6.73. The zero-order valence-corrected chi connectivity index (χ0v) is 28.6. The predicted octanol–water partition coefficient (Wildman–Crippen LogP) is 3.34. The molecule has 14 nitrogen and oxygen atoms in total. The molecule has 1 aromatic carbocycles. The first kappa shape index (κ1) is 39.7. The van der Waals surface area contributed by atoms with E-state index < -0.39 is 74.7 Å². The lowest BCUT2D eigenvalue weighted by Gasteiger charge is -2.28. The van der Waals surface area contributed by atoms with E-state index in [1.807, 2.05) is 0 Å². The van der Waals surface area contributed by atoms with Gasteiger partial charge < -0.3 is 34.9 Å². The summed E-state index contributed by atoms with van der Waals surface area (Å²) in [6, 6.07) is 4.01. The number of hydrogen-bond donors (Lipinski definition) is 3. The van der Waals surface area contributed by atoms with Crippen LogP contribution in [-0.4, -0.2) is 86.5 Å². The summed E-state index contributed by atoms with van der Waals surface area (Å²) >= 11 is 11.4. The number of nitrogens with one attached hydrogen (secondary N) is 3. The second kappa shape index (κ2) is 17.4. The quantitative estimate of drug-likeness (QED) is 0.147. The average molecular weight is 699 g/mol. The Morgan fingerprint density at radius 2 is 1.27 bits per heavy atom. The lowest BCUT2D eigenvalue weighted by atomic mass is 10.0. The number of halogens is 2. The second-order valence-electron chi connectivity index (χ2n) is 11.7. The molecule has 1 rings (SSSR count). The van der Waals surface area contributed by atoms with Gasteiger partial charge in [0, 0.05) is 19.3 Å². The number of carbonyl (C=O) groups is 5. The maximum absolute atomic E-state index is 12.9. The zero-order valence-electron chi connectivity index (χ0n) is 26.2. The number of ether oxygens (including phenoxy) is 4. The highest BCUT2D eigenvalue weighted by atomic mass is 35.5. The molecule has 1 aromatic rings. The fourth-order valence-corrected chi connectivity index (χ4v) is 4.11. The van der Waals surface area contributed by atoms with Crippen molar-refractivity contribution in [3.05, 3.63) is 29.8 Å². The van der Waals surface area contributed by atoms with Crippen LogP contribution in [0.25, 0.3) is 0 Å². The Bertz CT molecular complexity index is 1290. The molecular weight excluding hydrogens is 657 g/mol. The van der Waals surface area contributed by atoms with Crippen LogP contribution in [0.2, 0.25) is 0 Å². The molecule has 0 saturated carbocycles. The minimum atomic E-state index is -3.57. The van der Waals surface area contributed by atoms with E-state index in [-0.39, 0.29) is 36.4 Å². The summed E-state index contributed by atoms with van der Waals surface area (Å²) in [5, 5.41) is 7.30. The third kappa shape index (κ3) is 17.1. The molecule has 3 amide bonds. The Balaban J connectivity index is 3.14. The molecule has 0 unspecified atom stereocenters. The van der Waals surface area contributed by atoms with Crippen LogP contribution >= 0.6 is 23.2 Å². The molecule has 0 radical (unpaired) electrons. The van der Waals surface area contributed by atoms with Crippen LogP contribution in [0, 0.1) is 0 Å². The molecule has 0 aliphatic rings. The van der Waals surface area contributed by atoms with Gasteiger partial charge in [-0.2, -0.15) is 0 Å². The largest absolute Gasteiger partial charge is 0.463 e. The van der Waals surface area contributed by atoms with Crippen LogP contribution in [0.1, 0.15) is 66.1 Å². The van der Waals surface area contributed by atoms with Gasteiger partial charge in [-0.25, -0.2) is 18.0 Å². The number of carbonyl (C=O) groups excluding carboxylic acids is 5. The standard InChI is InChI=1S/C28H41Cl2N3O11S/c1-27(2,3)43-25(37)31-14-12-20(34)41-16-19(33-24(36)23(29)30)22(17-8-10-18(11-9-17)45(7,39)40)42-21(35)13-15-32-26(38)44-28(4,5)6/h8-11,19,22-23H,12-16H2,1-7H3,(H,31,37)(H,32,38)(H,33,36)/t19-,22-/m1/s1. The van der Waals surface area contributed by atoms with Gasteiger partial charge in [-0.3, -0.25) is 14.4 Å². The van der Waals surface area contributed by atoms with Crippen molar-refractivity contribution in [1.82, 2.24) is 16.0 Å². The van der Waals surface area contributed by atoms with E-state index in [0.29, 0.717) is 0 Å². The monoisotopic (exact) mass is 697 g/mol. The summed E-state index contributed by atoms with van der Waals surface area (Å²) in [5.41, 5.74) is -1.27.